The molecule has 1 saturated heterocycles. The lowest BCUT2D eigenvalue weighted by molar-refractivity contribution is -0.316. The summed E-state index contributed by atoms with van der Waals surface area (Å²) in [4.78, 5) is 10.9. The molecule has 0 radical (unpaired) electrons. The summed E-state index contributed by atoms with van der Waals surface area (Å²) in [6, 6.07) is 0. The van der Waals surface area contributed by atoms with Crippen LogP contribution in [0, 0.1) is 0 Å². The molecule has 1 rings (SSSR count). The van der Waals surface area contributed by atoms with Gasteiger partial charge < -0.3 is 29.9 Å². The number of aliphatic carboxylic acids is 1. The summed E-state index contributed by atoms with van der Waals surface area (Å²) < 4.78 is 9.56. The quantitative estimate of drug-likeness (QED) is 0.423. The SMILES string of the molecule is COC1OC(C)(C(=O)O)C(O)C(O)C1O. The van der Waals surface area contributed by atoms with Crippen LogP contribution in [0.5, 0.6) is 0 Å². The monoisotopic (exact) mass is 222 g/mol. The largest absolute Gasteiger partial charge is 0.479 e. The van der Waals surface area contributed by atoms with Gasteiger partial charge in [-0.3, -0.25) is 0 Å². The third kappa shape index (κ3) is 1.84. The molecule has 0 aromatic rings. The summed E-state index contributed by atoms with van der Waals surface area (Å²) in [5, 5.41) is 37.1. The highest BCUT2D eigenvalue weighted by atomic mass is 16.7. The Morgan fingerprint density at radius 1 is 1.33 bits per heavy atom. The van der Waals surface area contributed by atoms with Gasteiger partial charge in [-0.15, -0.1) is 0 Å². The van der Waals surface area contributed by atoms with Crippen LogP contribution >= 0.6 is 0 Å². The molecule has 7 heteroatoms. The second kappa shape index (κ2) is 4.03. The number of hydrogen-bond donors (Lipinski definition) is 4. The highest BCUT2D eigenvalue weighted by Crippen LogP contribution is 2.30. The van der Waals surface area contributed by atoms with E-state index in [9.17, 15) is 20.1 Å². The van der Waals surface area contributed by atoms with Crippen molar-refractivity contribution < 1.29 is 34.7 Å². The van der Waals surface area contributed by atoms with Crippen molar-refractivity contribution in [3.05, 3.63) is 0 Å². The van der Waals surface area contributed by atoms with Crippen molar-refractivity contribution in [1.82, 2.24) is 0 Å². The minimum atomic E-state index is -2.00. The van der Waals surface area contributed by atoms with E-state index in [0.717, 1.165) is 6.92 Å². The Hall–Kier alpha value is -0.730. The van der Waals surface area contributed by atoms with E-state index in [1.54, 1.807) is 0 Å². The molecule has 1 heterocycles. The lowest BCUT2D eigenvalue weighted by Gasteiger charge is -2.43. The maximum Gasteiger partial charge on any atom is 0.338 e. The van der Waals surface area contributed by atoms with Crippen LogP contribution in [0.4, 0.5) is 0 Å². The Morgan fingerprint density at radius 3 is 2.27 bits per heavy atom. The van der Waals surface area contributed by atoms with Crippen LogP contribution in [0.1, 0.15) is 6.92 Å². The predicted octanol–water partition coefficient (Wildman–Crippen LogP) is -2.08. The number of methoxy groups -OCH3 is 1. The van der Waals surface area contributed by atoms with E-state index in [0.29, 0.717) is 0 Å². The maximum absolute atomic E-state index is 10.9. The average Bonchev–Trinajstić information content (AvgIpc) is 2.20. The maximum atomic E-state index is 10.9. The van der Waals surface area contributed by atoms with Crippen molar-refractivity contribution in [2.75, 3.05) is 7.11 Å². The van der Waals surface area contributed by atoms with E-state index in [-0.39, 0.29) is 0 Å². The van der Waals surface area contributed by atoms with Crippen LogP contribution in [0.2, 0.25) is 0 Å². The van der Waals surface area contributed by atoms with E-state index in [2.05, 4.69) is 4.74 Å². The molecular formula is C8H14O7. The fourth-order valence-electron chi connectivity index (χ4n) is 1.42. The van der Waals surface area contributed by atoms with Crippen LogP contribution in [-0.2, 0) is 14.3 Å². The van der Waals surface area contributed by atoms with Crippen LogP contribution in [-0.4, -0.2) is 63.7 Å². The molecule has 0 bridgehead atoms. The van der Waals surface area contributed by atoms with Crippen LogP contribution in [0.25, 0.3) is 0 Å². The molecule has 7 nitrogen and oxygen atoms in total. The normalized spacial score (nSPS) is 46.5. The van der Waals surface area contributed by atoms with Gasteiger partial charge in [-0.25, -0.2) is 4.79 Å². The van der Waals surface area contributed by atoms with Crippen LogP contribution < -0.4 is 0 Å². The van der Waals surface area contributed by atoms with Crippen molar-refractivity contribution in [3.63, 3.8) is 0 Å². The molecule has 1 aliphatic heterocycles. The summed E-state index contributed by atoms with van der Waals surface area (Å²) in [5.41, 5.74) is -2.00. The summed E-state index contributed by atoms with van der Waals surface area (Å²) >= 11 is 0. The molecule has 0 aliphatic carbocycles. The second-order valence-corrected chi connectivity index (χ2v) is 3.56. The summed E-state index contributed by atoms with van der Waals surface area (Å²) in [6.45, 7) is 1.10. The number of ether oxygens (including phenoxy) is 2. The van der Waals surface area contributed by atoms with Gasteiger partial charge in [0.15, 0.2) is 11.9 Å². The number of hydrogen-bond acceptors (Lipinski definition) is 6. The Labute approximate surface area is 85.9 Å². The molecule has 5 atom stereocenters. The average molecular weight is 222 g/mol. The zero-order chi connectivity index (χ0) is 11.8. The first-order valence-electron chi connectivity index (χ1n) is 4.32. The molecule has 0 saturated carbocycles. The summed E-state index contributed by atoms with van der Waals surface area (Å²) in [6.07, 6.45) is -6.14. The van der Waals surface area contributed by atoms with Gasteiger partial charge in [0.25, 0.3) is 0 Å². The van der Waals surface area contributed by atoms with Crippen molar-refractivity contribution >= 4 is 5.97 Å². The van der Waals surface area contributed by atoms with Crippen LogP contribution in [0.3, 0.4) is 0 Å². The molecule has 0 aromatic carbocycles. The molecule has 1 aliphatic rings. The smallest absolute Gasteiger partial charge is 0.338 e. The number of carboxylic acids is 1. The standard InChI is InChI=1S/C8H14O7/c1-8(7(12)13)5(11)3(9)4(10)6(14-2)15-8/h3-6,9-11H,1-2H3,(H,12,13). The van der Waals surface area contributed by atoms with Gasteiger partial charge >= 0.3 is 5.97 Å². The molecular weight excluding hydrogens is 208 g/mol. The number of rotatable bonds is 2. The topological polar surface area (TPSA) is 116 Å². The third-order valence-corrected chi connectivity index (χ3v) is 2.53. The Morgan fingerprint density at radius 2 is 1.87 bits per heavy atom. The van der Waals surface area contributed by atoms with Gasteiger partial charge in [-0.05, 0) is 6.92 Å². The number of aliphatic hydroxyl groups excluding tert-OH is 3. The summed E-state index contributed by atoms with van der Waals surface area (Å²) in [7, 11) is 1.20. The number of carboxylic acid groups (broad SMARTS) is 1. The number of carbonyl (C=O) groups is 1. The molecule has 0 amide bonds. The van der Waals surface area contributed by atoms with Gasteiger partial charge in [-0.2, -0.15) is 0 Å². The minimum absolute atomic E-state index is 1.10. The van der Waals surface area contributed by atoms with Crippen molar-refractivity contribution in [1.29, 1.82) is 0 Å². The van der Waals surface area contributed by atoms with Crippen molar-refractivity contribution in [3.8, 4) is 0 Å². The molecule has 88 valence electrons. The highest BCUT2D eigenvalue weighted by Gasteiger charge is 2.55. The fraction of sp³-hybridized carbons (Fsp3) is 0.875. The van der Waals surface area contributed by atoms with E-state index in [4.69, 9.17) is 9.84 Å². The zero-order valence-corrected chi connectivity index (χ0v) is 8.32. The molecule has 15 heavy (non-hydrogen) atoms. The molecule has 1 fully saturated rings. The zero-order valence-electron chi connectivity index (χ0n) is 8.32. The second-order valence-electron chi connectivity index (χ2n) is 3.56. The van der Waals surface area contributed by atoms with Gasteiger partial charge in [-0.1, -0.05) is 0 Å². The first kappa shape index (κ1) is 12.3. The Balaban J connectivity index is 2.97. The lowest BCUT2D eigenvalue weighted by atomic mass is 9.88. The molecule has 4 N–H and O–H groups in total. The molecule has 5 unspecified atom stereocenters. The van der Waals surface area contributed by atoms with E-state index in [1.807, 2.05) is 0 Å². The van der Waals surface area contributed by atoms with E-state index >= 15 is 0 Å². The van der Waals surface area contributed by atoms with E-state index in [1.165, 1.54) is 7.11 Å². The minimum Gasteiger partial charge on any atom is -0.479 e. The highest BCUT2D eigenvalue weighted by molar-refractivity contribution is 5.78. The third-order valence-electron chi connectivity index (χ3n) is 2.53. The Kier molecular flexibility index (Phi) is 3.31. The first-order valence-corrected chi connectivity index (χ1v) is 4.32. The van der Waals surface area contributed by atoms with Crippen LogP contribution in [0.15, 0.2) is 0 Å². The van der Waals surface area contributed by atoms with Crippen molar-refractivity contribution in [2.45, 2.75) is 37.1 Å². The fourth-order valence-corrected chi connectivity index (χ4v) is 1.42. The predicted molar refractivity (Wildman–Crippen MR) is 45.9 cm³/mol. The van der Waals surface area contributed by atoms with Gasteiger partial charge in [0.1, 0.15) is 18.3 Å². The van der Waals surface area contributed by atoms with Gasteiger partial charge in [0.2, 0.25) is 0 Å². The van der Waals surface area contributed by atoms with E-state index < -0.39 is 36.2 Å². The molecule has 0 spiro atoms. The Bertz CT molecular complexity index is 253. The lowest BCUT2D eigenvalue weighted by Crippen LogP contribution is -2.66. The number of aliphatic hydroxyl groups is 3. The summed E-state index contributed by atoms with van der Waals surface area (Å²) in [5.74, 6) is -1.44. The van der Waals surface area contributed by atoms with Gasteiger partial charge in [0, 0.05) is 7.11 Å². The van der Waals surface area contributed by atoms with Gasteiger partial charge in [0.05, 0.1) is 0 Å². The molecule has 0 aromatic heterocycles. The van der Waals surface area contributed by atoms with Crippen molar-refractivity contribution in [2.24, 2.45) is 0 Å². The first-order chi connectivity index (χ1) is 6.84.